The van der Waals surface area contributed by atoms with Crippen LogP contribution in [0, 0.1) is 5.92 Å². The Bertz CT molecular complexity index is 1350. The molecule has 0 spiro atoms. The highest BCUT2D eigenvalue weighted by atomic mass is 16.4. The Kier molecular flexibility index (Phi) is 18.7. The molecule has 0 aromatic heterocycles. The molecule has 0 unspecified atom stereocenters. The van der Waals surface area contributed by atoms with E-state index in [0.29, 0.717) is 12.0 Å². The highest BCUT2D eigenvalue weighted by Crippen LogP contribution is 2.13. The summed E-state index contributed by atoms with van der Waals surface area (Å²) < 4.78 is 0. The average molecular weight is 710 g/mol. The Morgan fingerprint density at radius 1 is 0.820 bits per heavy atom. The van der Waals surface area contributed by atoms with E-state index >= 15 is 0 Å². The van der Waals surface area contributed by atoms with Gasteiger partial charge in [0.2, 0.25) is 29.5 Å². The molecule has 0 aliphatic carbocycles. The van der Waals surface area contributed by atoms with Gasteiger partial charge >= 0.3 is 12.1 Å². The van der Waals surface area contributed by atoms with Gasteiger partial charge in [-0.05, 0) is 36.5 Å². The van der Waals surface area contributed by atoms with Gasteiger partial charge in [-0.2, -0.15) is 0 Å². The van der Waals surface area contributed by atoms with Crippen LogP contribution in [0.1, 0.15) is 45.1 Å². The van der Waals surface area contributed by atoms with Crippen molar-refractivity contribution in [3.8, 4) is 5.75 Å². The third kappa shape index (κ3) is 16.4. The molecule has 1 rings (SSSR count). The van der Waals surface area contributed by atoms with Crippen molar-refractivity contribution in [1.29, 1.82) is 0 Å². The molecule has 20 heteroatoms. The molecule has 0 heterocycles. The molecule has 14 N–H and O–H groups in total. The van der Waals surface area contributed by atoms with Gasteiger partial charge in [0.05, 0.1) is 19.6 Å². The molecular weight excluding hydrogens is 662 g/mol. The zero-order valence-corrected chi connectivity index (χ0v) is 27.8. The van der Waals surface area contributed by atoms with Gasteiger partial charge in [0.25, 0.3) is 0 Å². The van der Waals surface area contributed by atoms with Gasteiger partial charge in [-0.25, -0.2) is 4.79 Å². The zero-order valence-electron chi connectivity index (χ0n) is 27.8. The number of phenolic OH excluding ortho intramolecular Hbond substituents is 1. The van der Waals surface area contributed by atoms with Crippen LogP contribution in [-0.4, -0.2) is 118 Å². The highest BCUT2D eigenvalue weighted by Gasteiger charge is 2.31. The number of hydrogen-bond acceptors (Lipinski definition) is 10. The van der Waals surface area contributed by atoms with Gasteiger partial charge in [0, 0.05) is 19.5 Å². The Morgan fingerprint density at radius 2 is 1.46 bits per heavy atom. The Labute approximate surface area is 287 Å². The van der Waals surface area contributed by atoms with Gasteiger partial charge in [-0.3, -0.25) is 33.8 Å². The predicted octanol–water partition coefficient (Wildman–Crippen LogP) is -3.18. The van der Waals surface area contributed by atoms with E-state index in [1.54, 1.807) is 13.8 Å². The van der Waals surface area contributed by atoms with Gasteiger partial charge in [-0.15, -0.1) is 0 Å². The number of aliphatic imine (C=N–C) groups is 1. The fourth-order valence-corrected chi connectivity index (χ4v) is 4.36. The first-order chi connectivity index (χ1) is 23.6. The number of nitrogens with one attached hydrogen (secondary N) is 6. The molecule has 6 amide bonds. The van der Waals surface area contributed by atoms with Crippen molar-refractivity contribution in [2.24, 2.45) is 22.4 Å². The molecule has 50 heavy (non-hydrogen) atoms. The summed E-state index contributed by atoms with van der Waals surface area (Å²) >= 11 is 0. The van der Waals surface area contributed by atoms with Crippen molar-refractivity contribution in [3.63, 3.8) is 0 Å². The number of aromatic hydroxyl groups is 1. The lowest BCUT2D eigenvalue weighted by molar-refractivity contribution is -0.137. The van der Waals surface area contributed by atoms with Crippen LogP contribution in [-0.2, 0) is 35.2 Å². The van der Waals surface area contributed by atoms with E-state index in [2.05, 4.69) is 36.9 Å². The number of aliphatic hydroxyl groups excluding tert-OH is 1. The Balaban J connectivity index is 2.90. The monoisotopic (exact) mass is 709 g/mol. The van der Waals surface area contributed by atoms with E-state index in [1.807, 2.05) is 0 Å². The molecule has 1 aromatic carbocycles. The molecule has 1 aromatic rings. The van der Waals surface area contributed by atoms with E-state index in [0.717, 1.165) is 0 Å². The predicted molar refractivity (Wildman–Crippen MR) is 177 cm³/mol. The minimum absolute atomic E-state index is 0.0179. The molecule has 0 bridgehead atoms. The third-order valence-electron chi connectivity index (χ3n) is 7.26. The quantitative estimate of drug-likeness (QED) is 0.0321. The number of guanidine groups is 1. The number of amides is 6. The second kappa shape index (κ2) is 22.1. The number of carbonyl (C=O) groups is 7. The van der Waals surface area contributed by atoms with Crippen LogP contribution in [0.3, 0.4) is 0 Å². The fraction of sp³-hybridized carbons (Fsp3) is 0.533. The number of carboxylic acid groups (broad SMARTS) is 2. The lowest BCUT2D eigenvalue weighted by Gasteiger charge is -2.26. The van der Waals surface area contributed by atoms with Gasteiger partial charge < -0.3 is 63.8 Å². The molecule has 278 valence electrons. The molecule has 0 aliphatic rings. The number of aliphatic hydroxyl groups is 1. The lowest BCUT2D eigenvalue weighted by Crippen LogP contribution is -2.58. The van der Waals surface area contributed by atoms with E-state index < -0.39 is 84.8 Å². The van der Waals surface area contributed by atoms with Crippen LogP contribution in [0.5, 0.6) is 5.75 Å². The molecule has 0 saturated carbocycles. The number of carboxylic acids is 1. The number of hydrogen-bond donors (Lipinski definition) is 12. The van der Waals surface area contributed by atoms with Gasteiger partial charge in [0.15, 0.2) is 5.96 Å². The van der Waals surface area contributed by atoms with Crippen LogP contribution in [0.4, 0.5) is 4.79 Å². The van der Waals surface area contributed by atoms with Crippen LogP contribution < -0.4 is 43.4 Å². The van der Waals surface area contributed by atoms with Crippen molar-refractivity contribution in [2.75, 3.05) is 26.2 Å². The van der Waals surface area contributed by atoms with Gasteiger partial charge in [0.1, 0.15) is 29.9 Å². The van der Waals surface area contributed by atoms with Crippen molar-refractivity contribution in [1.82, 2.24) is 31.9 Å². The fourth-order valence-electron chi connectivity index (χ4n) is 4.36. The van der Waals surface area contributed by atoms with E-state index in [9.17, 15) is 48.9 Å². The van der Waals surface area contributed by atoms with Crippen LogP contribution in [0.2, 0.25) is 0 Å². The summed E-state index contributed by atoms with van der Waals surface area (Å²) in [6, 6.07) is 0.477. The Hall–Kier alpha value is -5.66. The molecule has 5 atom stereocenters. The Morgan fingerprint density at radius 3 is 2.02 bits per heavy atom. The summed E-state index contributed by atoms with van der Waals surface area (Å²) in [4.78, 5) is 90.5. The normalized spacial score (nSPS) is 13.6. The van der Waals surface area contributed by atoms with Crippen molar-refractivity contribution in [3.05, 3.63) is 29.8 Å². The lowest BCUT2D eigenvalue weighted by atomic mass is 9.97. The summed E-state index contributed by atoms with van der Waals surface area (Å²) in [6.45, 7) is 1.72. The summed E-state index contributed by atoms with van der Waals surface area (Å²) in [5.74, 6) is -6.03. The minimum Gasteiger partial charge on any atom is -0.508 e. The standard InChI is InChI=1S/C30H47N9O11/c1-3-16(2)24(39-26(46)20(38-30(49)50)13-17-6-8-18(41)9-7-17)28(48)35-14-22(42)36-21(15-40)27(47)37-19(5-4-11-34-29(31)32)25(45)33-12-10-23(43)44/h6-9,16,19-21,24,38,40-41H,3-5,10-15H2,1-2H3,(H,33,45)(H,35,48)(H,36,42)(H,37,47)(H,39,46)(H,43,44)(H,49,50)(H4,31,32,34)/t16-,19-,20-,21-,24-/m0/s1. The first kappa shape index (κ1) is 42.4. The summed E-state index contributed by atoms with van der Waals surface area (Å²) in [5.41, 5.74) is 11.1. The summed E-state index contributed by atoms with van der Waals surface area (Å²) in [6.07, 6.45) is -1.30. The smallest absolute Gasteiger partial charge is 0.405 e. The average Bonchev–Trinajstić information content (AvgIpc) is 3.05. The molecular formula is C30H47N9O11. The van der Waals surface area contributed by atoms with Crippen molar-refractivity contribution in [2.45, 2.75) is 70.1 Å². The van der Waals surface area contributed by atoms with E-state index in [-0.39, 0.29) is 50.5 Å². The molecule has 20 nitrogen and oxygen atoms in total. The van der Waals surface area contributed by atoms with E-state index in [4.69, 9.17) is 16.6 Å². The zero-order chi connectivity index (χ0) is 37.8. The maximum Gasteiger partial charge on any atom is 0.405 e. The number of phenols is 1. The number of aliphatic carboxylic acids is 1. The van der Waals surface area contributed by atoms with Crippen molar-refractivity contribution < 1.29 is 54.0 Å². The van der Waals surface area contributed by atoms with E-state index in [1.165, 1.54) is 24.3 Å². The molecule has 0 saturated heterocycles. The molecule has 0 aliphatic heterocycles. The van der Waals surface area contributed by atoms with Crippen LogP contribution >= 0.6 is 0 Å². The third-order valence-corrected chi connectivity index (χ3v) is 7.26. The topological polar surface area (TPSA) is 337 Å². The highest BCUT2D eigenvalue weighted by molar-refractivity contribution is 5.95. The first-order valence-electron chi connectivity index (χ1n) is 15.7. The van der Waals surface area contributed by atoms with Crippen LogP contribution in [0.15, 0.2) is 29.3 Å². The largest absolute Gasteiger partial charge is 0.508 e. The minimum atomic E-state index is -1.56. The summed E-state index contributed by atoms with van der Waals surface area (Å²) in [5, 5.41) is 51.4. The summed E-state index contributed by atoms with van der Waals surface area (Å²) in [7, 11) is 0. The molecule has 0 radical (unpaired) electrons. The number of rotatable bonds is 22. The maximum atomic E-state index is 13.1. The first-order valence-corrected chi connectivity index (χ1v) is 15.7. The number of carbonyl (C=O) groups excluding carboxylic acids is 5. The van der Waals surface area contributed by atoms with Crippen molar-refractivity contribution >= 4 is 47.6 Å². The number of nitrogens with zero attached hydrogens (tertiary/aromatic N) is 1. The second-order valence-electron chi connectivity index (χ2n) is 11.2. The van der Waals surface area contributed by atoms with Crippen LogP contribution in [0.25, 0.3) is 0 Å². The molecule has 0 fully saturated rings. The maximum absolute atomic E-state index is 13.1. The van der Waals surface area contributed by atoms with Gasteiger partial charge in [-0.1, -0.05) is 32.4 Å². The second-order valence-corrected chi connectivity index (χ2v) is 11.2. The SMILES string of the molecule is CC[C@H](C)[C@H](NC(=O)[C@H](Cc1ccc(O)cc1)NC(=O)O)C(=O)NCC(=O)N[C@@H](CO)C(=O)N[C@@H](CCCN=C(N)N)C(=O)NCCC(=O)O. The number of benzene rings is 1. The number of nitrogens with two attached hydrogens (primary N) is 2.